The van der Waals surface area contributed by atoms with Gasteiger partial charge in [-0.2, -0.15) is 0 Å². The molecule has 0 spiro atoms. The van der Waals surface area contributed by atoms with Crippen LogP contribution in [-0.2, 0) is 4.79 Å². The summed E-state index contributed by atoms with van der Waals surface area (Å²) in [5, 5.41) is 3.16. The number of carbonyl (C=O) groups is 1. The summed E-state index contributed by atoms with van der Waals surface area (Å²) >= 11 is 0. The van der Waals surface area contributed by atoms with Gasteiger partial charge >= 0.3 is 0 Å². The van der Waals surface area contributed by atoms with Crippen LogP contribution < -0.4 is 5.32 Å². The van der Waals surface area contributed by atoms with E-state index in [0.717, 1.165) is 31.8 Å². The van der Waals surface area contributed by atoms with Crippen molar-refractivity contribution in [3.63, 3.8) is 0 Å². The molecule has 0 unspecified atom stereocenters. The summed E-state index contributed by atoms with van der Waals surface area (Å²) in [5.41, 5.74) is -0.0456. The Morgan fingerprint density at radius 3 is 2.50 bits per heavy atom. The van der Waals surface area contributed by atoms with Crippen molar-refractivity contribution in [1.29, 1.82) is 0 Å². The van der Waals surface area contributed by atoms with Gasteiger partial charge < -0.3 is 10.2 Å². The van der Waals surface area contributed by atoms with Gasteiger partial charge in [-0.15, -0.1) is 0 Å². The van der Waals surface area contributed by atoms with Crippen molar-refractivity contribution in [2.24, 2.45) is 11.3 Å². The first kappa shape index (κ1) is 13.9. The minimum Gasteiger partial charge on any atom is -0.345 e. The zero-order valence-electron chi connectivity index (χ0n) is 12.0. The van der Waals surface area contributed by atoms with Crippen LogP contribution in [0.3, 0.4) is 0 Å². The number of nitrogens with one attached hydrogen (secondary N) is 1. The maximum Gasteiger partial charge on any atom is 0.229 e. The molecule has 0 aromatic rings. The summed E-state index contributed by atoms with van der Waals surface area (Å²) in [6, 6.07) is 0. The van der Waals surface area contributed by atoms with E-state index in [1.165, 1.54) is 38.5 Å². The van der Waals surface area contributed by atoms with Crippen LogP contribution in [0.2, 0.25) is 0 Å². The molecule has 0 saturated heterocycles. The van der Waals surface area contributed by atoms with Gasteiger partial charge in [0.05, 0.1) is 5.41 Å². The van der Waals surface area contributed by atoms with E-state index >= 15 is 0 Å². The Kier molecular flexibility index (Phi) is 4.66. The topological polar surface area (TPSA) is 32.3 Å². The van der Waals surface area contributed by atoms with Crippen LogP contribution >= 0.6 is 0 Å². The monoisotopic (exact) mass is 252 g/mol. The Morgan fingerprint density at radius 1 is 1.28 bits per heavy atom. The first-order valence-corrected chi connectivity index (χ1v) is 7.58. The second-order valence-corrected chi connectivity index (χ2v) is 6.33. The molecule has 2 saturated carbocycles. The highest BCUT2D eigenvalue weighted by molar-refractivity contribution is 5.85. The second kappa shape index (κ2) is 6.05. The number of hydrogen-bond acceptors (Lipinski definition) is 2. The van der Waals surface area contributed by atoms with Crippen LogP contribution in [0.5, 0.6) is 0 Å². The van der Waals surface area contributed by atoms with Crippen molar-refractivity contribution in [1.82, 2.24) is 10.2 Å². The highest BCUT2D eigenvalue weighted by Gasteiger charge is 2.50. The van der Waals surface area contributed by atoms with Gasteiger partial charge in [0, 0.05) is 20.1 Å². The fourth-order valence-electron chi connectivity index (χ4n) is 3.31. The van der Waals surface area contributed by atoms with Crippen LogP contribution in [-0.4, -0.2) is 38.0 Å². The Balaban J connectivity index is 1.73. The molecule has 0 radical (unpaired) electrons. The Morgan fingerprint density at radius 2 is 1.94 bits per heavy atom. The standard InChI is InChI=1S/C15H28N2O/c1-16-12-15(9-10-15)14(18)17(2)11-8-13-6-4-3-5-7-13/h13,16H,3-12H2,1-2H3. The van der Waals surface area contributed by atoms with E-state index in [-0.39, 0.29) is 5.41 Å². The minimum atomic E-state index is -0.0456. The summed E-state index contributed by atoms with van der Waals surface area (Å²) in [6.07, 6.45) is 10.3. The third-order valence-electron chi connectivity index (χ3n) is 4.77. The quantitative estimate of drug-likeness (QED) is 0.787. The zero-order chi connectivity index (χ0) is 13.0. The van der Waals surface area contributed by atoms with Gasteiger partial charge in [-0.1, -0.05) is 32.1 Å². The van der Waals surface area contributed by atoms with Crippen LogP contribution in [0, 0.1) is 11.3 Å². The molecule has 3 nitrogen and oxygen atoms in total. The molecule has 2 aliphatic carbocycles. The predicted octanol–water partition coefficient (Wildman–Crippen LogP) is 2.41. The van der Waals surface area contributed by atoms with Crippen LogP contribution in [0.4, 0.5) is 0 Å². The molecule has 104 valence electrons. The van der Waals surface area contributed by atoms with E-state index in [1.54, 1.807) is 0 Å². The fraction of sp³-hybridized carbons (Fsp3) is 0.933. The van der Waals surface area contributed by atoms with Gasteiger partial charge in [-0.25, -0.2) is 0 Å². The van der Waals surface area contributed by atoms with Crippen molar-refractivity contribution in [2.45, 2.75) is 51.4 Å². The third kappa shape index (κ3) is 3.25. The predicted molar refractivity (Wildman–Crippen MR) is 74.4 cm³/mol. The molecule has 1 N–H and O–H groups in total. The minimum absolute atomic E-state index is 0.0456. The van der Waals surface area contributed by atoms with Crippen molar-refractivity contribution in [2.75, 3.05) is 27.2 Å². The van der Waals surface area contributed by atoms with Gasteiger partial charge in [-0.05, 0) is 32.2 Å². The molecular weight excluding hydrogens is 224 g/mol. The van der Waals surface area contributed by atoms with Crippen molar-refractivity contribution < 1.29 is 4.79 Å². The van der Waals surface area contributed by atoms with Gasteiger partial charge in [0.1, 0.15) is 0 Å². The van der Waals surface area contributed by atoms with E-state index in [2.05, 4.69) is 5.32 Å². The lowest BCUT2D eigenvalue weighted by atomic mass is 9.87. The van der Waals surface area contributed by atoms with E-state index in [1.807, 2.05) is 19.0 Å². The number of nitrogens with zero attached hydrogens (tertiary/aromatic N) is 1. The number of rotatable bonds is 6. The Hall–Kier alpha value is -0.570. The molecule has 0 atom stereocenters. The van der Waals surface area contributed by atoms with E-state index in [0.29, 0.717) is 5.91 Å². The molecule has 2 aliphatic rings. The summed E-state index contributed by atoms with van der Waals surface area (Å²) in [5.74, 6) is 1.24. The zero-order valence-corrected chi connectivity index (χ0v) is 12.0. The highest BCUT2D eigenvalue weighted by Crippen LogP contribution is 2.46. The molecule has 0 aliphatic heterocycles. The molecule has 18 heavy (non-hydrogen) atoms. The number of amides is 1. The molecule has 2 fully saturated rings. The molecule has 0 aromatic heterocycles. The smallest absolute Gasteiger partial charge is 0.229 e. The molecule has 0 bridgehead atoms. The average molecular weight is 252 g/mol. The first-order valence-electron chi connectivity index (χ1n) is 7.58. The molecule has 2 rings (SSSR count). The molecule has 3 heteroatoms. The van der Waals surface area contributed by atoms with E-state index < -0.39 is 0 Å². The molecule has 0 heterocycles. The summed E-state index contributed by atoms with van der Waals surface area (Å²) < 4.78 is 0. The maximum absolute atomic E-state index is 12.4. The van der Waals surface area contributed by atoms with Crippen LogP contribution in [0.25, 0.3) is 0 Å². The van der Waals surface area contributed by atoms with Gasteiger partial charge in [0.2, 0.25) is 5.91 Å². The third-order valence-corrected chi connectivity index (χ3v) is 4.77. The number of carbonyl (C=O) groups excluding carboxylic acids is 1. The first-order chi connectivity index (χ1) is 8.68. The Labute approximate surface area is 111 Å². The normalized spacial score (nSPS) is 22.8. The summed E-state index contributed by atoms with van der Waals surface area (Å²) in [6.45, 7) is 1.80. The van der Waals surface area contributed by atoms with Crippen LogP contribution in [0.1, 0.15) is 51.4 Å². The average Bonchev–Trinajstić information content (AvgIpc) is 3.17. The maximum atomic E-state index is 12.4. The molecular formula is C15H28N2O. The number of hydrogen-bond donors (Lipinski definition) is 1. The fourth-order valence-corrected chi connectivity index (χ4v) is 3.31. The van der Waals surface area contributed by atoms with E-state index in [4.69, 9.17) is 0 Å². The van der Waals surface area contributed by atoms with Crippen molar-refractivity contribution >= 4 is 5.91 Å². The SMILES string of the molecule is CNCC1(C(=O)N(C)CCC2CCCCC2)CC1. The Bertz CT molecular complexity index is 280. The van der Waals surface area contributed by atoms with Crippen molar-refractivity contribution in [3.8, 4) is 0 Å². The molecule has 0 aromatic carbocycles. The molecule has 1 amide bonds. The lowest BCUT2D eigenvalue weighted by Crippen LogP contribution is -2.39. The lowest BCUT2D eigenvalue weighted by Gasteiger charge is -2.27. The second-order valence-electron chi connectivity index (χ2n) is 6.33. The van der Waals surface area contributed by atoms with Crippen molar-refractivity contribution in [3.05, 3.63) is 0 Å². The van der Waals surface area contributed by atoms with Crippen LogP contribution in [0.15, 0.2) is 0 Å². The van der Waals surface area contributed by atoms with Gasteiger partial charge in [-0.3, -0.25) is 4.79 Å². The lowest BCUT2D eigenvalue weighted by molar-refractivity contribution is -0.135. The van der Waals surface area contributed by atoms with Gasteiger partial charge in [0.15, 0.2) is 0 Å². The van der Waals surface area contributed by atoms with E-state index in [9.17, 15) is 4.79 Å². The summed E-state index contributed by atoms with van der Waals surface area (Å²) in [4.78, 5) is 14.4. The highest BCUT2D eigenvalue weighted by atomic mass is 16.2. The van der Waals surface area contributed by atoms with Gasteiger partial charge in [0.25, 0.3) is 0 Å². The largest absolute Gasteiger partial charge is 0.345 e. The summed E-state index contributed by atoms with van der Waals surface area (Å²) in [7, 11) is 3.93.